The number of benzene rings is 1. The summed E-state index contributed by atoms with van der Waals surface area (Å²) >= 11 is 1.21. The maximum absolute atomic E-state index is 12.2. The summed E-state index contributed by atoms with van der Waals surface area (Å²) in [5, 5.41) is 7.68. The first-order chi connectivity index (χ1) is 16.0. The van der Waals surface area contributed by atoms with Crippen molar-refractivity contribution < 1.29 is 14.3 Å². The van der Waals surface area contributed by atoms with Crippen LogP contribution in [-0.4, -0.2) is 45.6 Å². The quantitative estimate of drug-likeness (QED) is 0.377. The van der Waals surface area contributed by atoms with Crippen LogP contribution in [0.4, 0.5) is 5.69 Å². The Morgan fingerprint density at radius 2 is 2.09 bits per heavy atom. The van der Waals surface area contributed by atoms with Crippen molar-refractivity contribution in [2.45, 2.75) is 26.5 Å². The van der Waals surface area contributed by atoms with Crippen LogP contribution < -0.4 is 10.2 Å². The van der Waals surface area contributed by atoms with E-state index in [0.717, 1.165) is 27.2 Å². The van der Waals surface area contributed by atoms with Crippen molar-refractivity contribution in [1.29, 1.82) is 0 Å². The van der Waals surface area contributed by atoms with Crippen LogP contribution >= 0.6 is 11.3 Å². The molecule has 9 nitrogen and oxygen atoms in total. The van der Waals surface area contributed by atoms with Crippen molar-refractivity contribution in [2.75, 3.05) is 25.6 Å². The monoisotopic (exact) mass is 467 g/mol. The molecule has 0 bridgehead atoms. The molecule has 1 unspecified atom stereocenters. The van der Waals surface area contributed by atoms with E-state index in [1.807, 2.05) is 42.6 Å². The van der Waals surface area contributed by atoms with Crippen molar-refractivity contribution in [3.63, 3.8) is 0 Å². The lowest BCUT2D eigenvalue weighted by Gasteiger charge is -2.10. The van der Waals surface area contributed by atoms with E-state index in [9.17, 15) is 9.59 Å². The lowest BCUT2D eigenvalue weighted by atomic mass is 9.98. The number of carbonyl (C=O) groups is 1. The molecule has 0 saturated carbocycles. The minimum atomic E-state index is -0.312. The molecule has 0 amide bonds. The molecule has 4 rings (SSSR count). The number of aromatic nitrogens is 4. The fraction of sp³-hybridized carbons (Fsp3) is 0.304. The first kappa shape index (κ1) is 22.7. The molecule has 0 aliphatic rings. The summed E-state index contributed by atoms with van der Waals surface area (Å²) < 4.78 is 14.3. The Morgan fingerprint density at radius 1 is 1.24 bits per heavy atom. The maximum atomic E-state index is 12.2. The zero-order valence-corrected chi connectivity index (χ0v) is 19.5. The highest BCUT2D eigenvalue weighted by Crippen LogP contribution is 2.28. The molecule has 1 N–H and O–H groups in total. The smallest absolute Gasteiger partial charge is 0.325 e. The third-order valence-corrected chi connectivity index (χ3v) is 6.17. The van der Waals surface area contributed by atoms with E-state index in [4.69, 9.17) is 14.6 Å². The highest BCUT2D eigenvalue weighted by Gasteiger charge is 2.15. The van der Waals surface area contributed by atoms with Crippen LogP contribution in [0.5, 0.6) is 0 Å². The van der Waals surface area contributed by atoms with Gasteiger partial charge in [0.1, 0.15) is 13.3 Å². The normalized spacial score (nSPS) is 12.1. The topological polar surface area (TPSA) is 100 Å². The molecule has 3 heterocycles. The SMILES string of the molecule is CCOC(=O)CNc1ccc(-n2ccc(C(C)c3ccc4c(c3)sc(=O)n4COC)n2)nc1. The number of carbonyl (C=O) groups excluding carboxylic acids is 1. The van der Waals surface area contributed by atoms with Gasteiger partial charge in [-0.15, -0.1) is 0 Å². The van der Waals surface area contributed by atoms with Gasteiger partial charge in [0.05, 0.1) is 34.4 Å². The fourth-order valence-corrected chi connectivity index (χ4v) is 4.41. The molecule has 0 aliphatic heterocycles. The van der Waals surface area contributed by atoms with Gasteiger partial charge in [-0.25, -0.2) is 9.67 Å². The van der Waals surface area contributed by atoms with Gasteiger partial charge in [-0.3, -0.25) is 14.2 Å². The van der Waals surface area contributed by atoms with E-state index in [0.29, 0.717) is 12.4 Å². The van der Waals surface area contributed by atoms with E-state index in [1.165, 1.54) is 11.3 Å². The van der Waals surface area contributed by atoms with Gasteiger partial charge >= 0.3 is 10.8 Å². The zero-order valence-electron chi connectivity index (χ0n) is 18.6. The number of fused-ring (bicyclic) bond motifs is 1. The molecule has 0 saturated heterocycles. The van der Waals surface area contributed by atoms with Crippen LogP contribution in [0.15, 0.2) is 53.6 Å². The van der Waals surface area contributed by atoms with Crippen molar-refractivity contribution >= 4 is 33.2 Å². The zero-order chi connectivity index (χ0) is 23.4. The molecule has 0 aliphatic carbocycles. The lowest BCUT2D eigenvalue weighted by molar-refractivity contribution is -0.140. The summed E-state index contributed by atoms with van der Waals surface area (Å²) in [5.74, 6) is 0.391. The molecule has 1 aromatic carbocycles. The molecule has 0 radical (unpaired) electrons. The van der Waals surface area contributed by atoms with Gasteiger partial charge in [0.15, 0.2) is 5.82 Å². The van der Waals surface area contributed by atoms with Crippen molar-refractivity contribution in [1.82, 2.24) is 19.3 Å². The van der Waals surface area contributed by atoms with Crippen LogP contribution in [0.1, 0.15) is 31.0 Å². The highest BCUT2D eigenvalue weighted by molar-refractivity contribution is 7.16. The van der Waals surface area contributed by atoms with Crippen molar-refractivity contribution in [3.8, 4) is 5.82 Å². The Balaban J connectivity index is 1.48. The summed E-state index contributed by atoms with van der Waals surface area (Å²) in [6.45, 7) is 4.54. The summed E-state index contributed by atoms with van der Waals surface area (Å²) in [6.07, 6.45) is 3.52. The number of pyridine rings is 1. The van der Waals surface area contributed by atoms with Crippen molar-refractivity contribution in [3.05, 3.63) is 69.7 Å². The number of hydrogen-bond acceptors (Lipinski definition) is 8. The Bertz CT molecular complexity index is 1310. The van der Waals surface area contributed by atoms with Crippen LogP contribution in [0.25, 0.3) is 16.0 Å². The minimum absolute atomic E-state index is 0.0350. The summed E-state index contributed by atoms with van der Waals surface area (Å²) in [6, 6.07) is 11.6. The van der Waals surface area contributed by atoms with Gasteiger partial charge in [-0.05, 0) is 42.8 Å². The van der Waals surface area contributed by atoms with Gasteiger partial charge in [-0.2, -0.15) is 5.10 Å². The second-order valence-electron chi connectivity index (χ2n) is 7.41. The van der Waals surface area contributed by atoms with Crippen LogP contribution in [0.3, 0.4) is 0 Å². The van der Waals surface area contributed by atoms with Gasteiger partial charge in [0, 0.05) is 19.2 Å². The molecule has 0 fully saturated rings. The Hall–Kier alpha value is -3.50. The van der Waals surface area contributed by atoms with Crippen LogP contribution in [0.2, 0.25) is 0 Å². The second kappa shape index (κ2) is 9.97. The number of ether oxygens (including phenoxy) is 2. The number of esters is 1. The molecular formula is C23H25N5O4S. The first-order valence-corrected chi connectivity index (χ1v) is 11.4. The number of rotatable bonds is 9. The average Bonchev–Trinajstić information content (AvgIpc) is 3.43. The third-order valence-electron chi connectivity index (χ3n) is 5.23. The van der Waals surface area contributed by atoms with Crippen molar-refractivity contribution in [2.24, 2.45) is 0 Å². The summed E-state index contributed by atoms with van der Waals surface area (Å²) in [5.41, 5.74) is 3.56. The highest BCUT2D eigenvalue weighted by atomic mass is 32.1. The predicted octanol–water partition coefficient (Wildman–Crippen LogP) is 3.37. The molecular weight excluding hydrogens is 442 g/mol. The molecule has 1 atom stereocenters. The number of thiazole rings is 1. The summed E-state index contributed by atoms with van der Waals surface area (Å²) in [7, 11) is 1.57. The third kappa shape index (κ3) is 4.96. The number of anilines is 1. The van der Waals surface area contributed by atoms with Crippen LogP contribution in [0, 0.1) is 0 Å². The standard InChI is InChI=1S/C23H25N5O4S/c1-4-32-22(29)13-24-17-6-8-21(25-12-17)28-10-9-18(26-28)15(2)16-5-7-19-20(11-16)33-23(30)27(19)14-31-3/h5-12,15,24H,4,13-14H2,1-3H3. The van der Waals surface area contributed by atoms with Gasteiger partial charge in [0.2, 0.25) is 0 Å². The van der Waals surface area contributed by atoms with E-state index in [2.05, 4.69) is 17.2 Å². The largest absolute Gasteiger partial charge is 0.465 e. The van der Waals surface area contributed by atoms with E-state index < -0.39 is 0 Å². The minimum Gasteiger partial charge on any atom is -0.465 e. The predicted molar refractivity (Wildman–Crippen MR) is 127 cm³/mol. The maximum Gasteiger partial charge on any atom is 0.325 e. The number of nitrogens with one attached hydrogen (secondary N) is 1. The van der Waals surface area contributed by atoms with E-state index in [1.54, 1.807) is 29.5 Å². The van der Waals surface area contributed by atoms with Gasteiger partial charge < -0.3 is 14.8 Å². The lowest BCUT2D eigenvalue weighted by Crippen LogP contribution is -2.16. The molecule has 4 aromatic rings. The fourth-order valence-electron chi connectivity index (χ4n) is 3.48. The average molecular weight is 468 g/mol. The summed E-state index contributed by atoms with van der Waals surface area (Å²) in [4.78, 5) is 28.1. The molecule has 10 heteroatoms. The molecule has 0 spiro atoms. The van der Waals surface area contributed by atoms with Crippen LogP contribution in [-0.2, 0) is 21.0 Å². The van der Waals surface area contributed by atoms with E-state index >= 15 is 0 Å². The van der Waals surface area contributed by atoms with Gasteiger partial charge in [0.25, 0.3) is 0 Å². The Kier molecular flexibility index (Phi) is 6.85. The second-order valence-corrected chi connectivity index (χ2v) is 8.40. The number of nitrogens with zero attached hydrogens (tertiary/aromatic N) is 4. The molecule has 172 valence electrons. The Morgan fingerprint density at radius 3 is 2.82 bits per heavy atom. The molecule has 3 aromatic heterocycles. The van der Waals surface area contributed by atoms with Gasteiger partial charge in [-0.1, -0.05) is 24.3 Å². The number of methoxy groups -OCH3 is 1. The van der Waals surface area contributed by atoms with E-state index in [-0.39, 0.29) is 30.0 Å². The molecule has 33 heavy (non-hydrogen) atoms. The Labute approximate surface area is 194 Å². The first-order valence-electron chi connectivity index (χ1n) is 10.5. The number of hydrogen-bond donors (Lipinski definition) is 1.